The summed E-state index contributed by atoms with van der Waals surface area (Å²) in [6.07, 6.45) is -2.87. The van der Waals surface area contributed by atoms with Crippen LogP contribution in [0.25, 0.3) is 0 Å². The molecular weight excluding hydrogens is 347 g/mol. The summed E-state index contributed by atoms with van der Waals surface area (Å²) in [5.74, 6) is -1.95. The van der Waals surface area contributed by atoms with Crippen molar-refractivity contribution in [3.8, 4) is 0 Å². The summed E-state index contributed by atoms with van der Waals surface area (Å²) in [6, 6.07) is 6.28. The van der Waals surface area contributed by atoms with Crippen LogP contribution in [0.5, 0.6) is 0 Å². The highest BCUT2D eigenvalue weighted by atomic mass is 32.2. The summed E-state index contributed by atoms with van der Waals surface area (Å²) in [5, 5.41) is 1.77. The van der Waals surface area contributed by atoms with E-state index < -0.39 is 22.2 Å². The molecule has 1 amide bonds. The zero-order chi connectivity index (χ0) is 18.2. The molecule has 0 saturated heterocycles. The number of benzene rings is 1. The standard InChI is InChI=1S/C15H20F3NO4S/c1-12-6-8-13(9-7-12)24(21,22)23-11-5-3-2-4-10-19-14(20)15(16,17)18/h6-9H,2-5,10-11H2,1H3,(H,19,20). The lowest BCUT2D eigenvalue weighted by molar-refractivity contribution is -0.173. The Morgan fingerprint density at radius 1 is 1.08 bits per heavy atom. The zero-order valence-corrected chi connectivity index (χ0v) is 14.0. The molecule has 0 aromatic heterocycles. The first kappa shape index (κ1) is 20.4. The van der Waals surface area contributed by atoms with Gasteiger partial charge in [-0.2, -0.15) is 21.6 Å². The number of hydrogen-bond acceptors (Lipinski definition) is 4. The number of halogens is 3. The molecule has 1 aromatic carbocycles. The number of amides is 1. The molecule has 0 bridgehead atoms. The number of carbonyl (C=O) groups excluding carboxylic acids is 1. The van der Waals surface area contributed by atoms with Gasteiger partial charge in [-0.25, -0.2) is 0 Å². The first-order chi connectivity index (χ1) is 11.1. The molecule has 1 rings (SSSR count). The highest BCUT2D eigenvalue weighted by molar-refractivity contribution is 7.86. The minimum absolute atomic E-state index is 0.00508. The van der Waals surface area contributed by atoms with E-state index in [0.29, 0.717) is 25.7 Å². The Morgan fingerprint density at radius 3 is 2.25 bits per heavy atom. The fourth-order valence-electron chi connectivity index (χ4n) is 1.82. The number of rotatable bonds is 9. The van der Waals surface area contributed by atoms with Gasteiger partial charge in [0, 0.05) is 6.54 Å². The van der Waals surface area contributed by atoms with Crippen LogP contribution in [-0.4, -0.2) is 33.7 Å². The van der Waals surface area contributed by atoms with Crippen molar-refractivity contribution in [2.24, 2.45) is 0 Å². The van der Waals surface area contributed by atoms with E-state index in [2.05, 4.69) is 0 Å². The third-order valence-electron chi connectivity index (χ3n) is 3.16. The third-order valence-corrected chi connectivity index (χ3v) is 4.49. The van der Waals surface area contributed by atoms with Crippen LogP contribution in [-0.2, 0) is 19.1 Å². The van der Waals surface area contributed by atoms with Crippen LogP contribution >= 0.6 is 0 Å². The van der Waals surface area contributed by atoms with Gasteiger partial charge in [-0.3, -0.25) is 8.98 Å². The van der Waals surface area contributed by atoms with E-state index in [1.165, 1.54) is 12.1 Å². The molecule has 0 unspecified atom stereocenters. The largest absolute Gasteiger partial charge is 0.471 e. The number of alkyl halides is 3. The maximum absolute atomic E-state index is 11.9. The van der Waals surface area contributed by atoms with Gasteiger partial charge >= 0.3 is 12.1 Å². The lowest BCUT2D eigenvalue weighted by atomic mass is 10.2. The molecule has 0 saturated carbocycles. The lowest BCUT2D eigenvalue weighted by Crippen LogP contribution is -2.37. The Kier molecular flexibility index (Phi) is 7.68. The Labute approximate surface area is 139 Å². The fourth-order valence-corrected chi connectivity index (χ4v) is 2.77. The molecule has 0 radical (unpaired) electrons. The molecule has 1 N–H and O–H groups in total. The van der Waals surface area contributed by atoms with E-state index in [1.807, 2.05) is 6.92 Å². The minimum atomic E-state index is -4.86. The molecule has 0 heterocycles. The maximum atomic E-state index is 11.9. The molecule has 0 aliphatic rings. The van der Waals surface area contributed by atoms with Gasteiger partial charge in [0.2, 0.25) is 0 Å². The summed E-state index contributed by atoms with van der Waals surface area (Å²) in [7, 11) is -3.78. The van der Waals surface area contributed by atoms with Gasteiger partial charge < -0.3 is 5.32 Å². The van der Waals surface area contributed by atoms with Crippen molar-refractivity contribution in [1.82, 2.24) is 5.32 Å². The lowest BCUT2D eigenvalue weighted by Gasteiger charge is -2.08. The van der Waals surface area contributed by atoms with Crippen LogP contribution in [0.3, 0.4) is 0 Å². The van der Waals surface area contributed by atoms with E-state index in [0.717, 1.165) is 5.56 Å². The van der Waals surface area contributed by atoms with Crippen molar-refractivity contribution in [3.05, 3.63) is 29.8 Å². The van der Waals surface area contributed by atoms with Crippen LogP contribution < -0.4 is 5.32 Å². The van der Waals surface area contributed by atoms with E-state index in [-0.39, 0.29) is 18.0 Å². The smallest absolute Gasteiger partial charge is 0.348 e. The van der Waals surface area contributed by atoms with Crippen LogP contribution in [0.15, 0.2) is 29.2 Å². The van der Waals surface area contributed by atoms with Gasteiger partial charge in [-0.1, -0.05) is 30.5 Å². The molecule has 9 heteroatoms. The Bertz CT molecular complexity index is 627. The van der Waals surface area contributed by atoms with Gasteiger partial charge in [0.25, 0.3) is 10.1 Å². The normalized spacial score (nSPS) is 12.2. The topological polar surface area (TPSA) is 72.5 Å². The second-order valence-electron chi connectivity index (χ2n) is 5.26. The molecular formula is C15H20F3NO4S. The van der Waals surface area contributed by atoms with Crippen molar-refractivity contribution in [3.63, 3.8) is 0 Å². The summed E-state index contributed by atoms with van der Waals surface area (Å²) in [6.45, 7) is 1.78. The third kappa shape index (κ3) is 7.31. The molecule has 1 aromatic rings. The highest BCUT2D eigenvalue weighted by Crippen LogP contribution is 2.15. The van der Waals surface area contributed by atoms with Crippen molar-refractivity contribution < 1.29 is 30.6 Å². The first-order valence-corrected chi connectivity index (χ1v) is 8.85. The average Bonchev–Trinajstić information content (AvgIpc) is 2.49. The van der Waals surface area contributed by atoms with Gasteiger partial charge in [0.05, 0.1) is 11.5 Å². The fraction of sp³-hybridized carbons (Fsp3) is 0.533. The van der Waals surface area contributed by atoms with Crippen LogP contribution in [0.4, 0.5) is 13.2 Å². The van der Waals surface area contributed by atoms with E-state index in [4.69, 9.17) is 4.18 Å². The number of hydrogen-bond donors (Lipinski definition) is 1. The predicted molar refractivity (Wildman–Crippen MR) is 81.8 cm³/mol. The van der Waals surface area contributed by atoms with Crippen molar-refractivity contribution in [2.45, 2.75) is 43.7 Å². The van der Waals surface area contributed by atoms with Crippen molar-refractivity contribution in [1.29, 1.82) is 0 Å². The van der Waals surface area contributed by atoms with Crippen LogP contribution in [0.2, 0.25) is 0 Å². The van der Waals surface area contributed by atoms with Crippen molar-refractivity contribution in [2.75, 3.05) is 13.2 Å². The zero-order valence-electron chi connectivity index (χ0n) is 13.2. The van der Waals surface area contributed by atoms with E-state index in [1.54, 1.807) is 17.4 Å². The number of nitrogens with one attached hydrogen (secondary N) is 1. The molecule has 136 valence electrons. The average molecular weight is 367 g/mol. The quantitative estimate of drug-likeness (QED) is 0.538. The number of unbranched alkanes of at least 4 members (excludes halogenated alkanes) is 3. The SMILES string of the molecule is Cc1ccc(S(=O)(=O)OCCCCCCNC(=O)C(F)(F)F)cc1. The Balaban J connectivity index is 2.16. The summed E-state index contributed by atoms with van der Waals surface area (Å²) < 4.78 is 64.4. The molecule has 24 heavy (non-hydrogen) atoms. The monoisotopic (exact) mass is 367 g/mol. The van der Waals surface area contributed by atoms with Gasteiger partial charge in [-0.05, 0) is 31.9 Å². The summed E-state index contributed by atoms with van der Waals surface area (Å²) in [5.41, 5.74) is 0.937. The number of carbonyl (C=O) groups is 1. The molecule has 0 fully saturated rings. The van der Waals surface area contributed by atoms with Gasteiger partial charge in [0.1, 0.15) is 0 Å². The predicted octanol–water partition coefficient (Wildman–Crippen LogP) is 2.94. The molecule has 0 atom stereocenters. The van der Waals surface area contributed by atoms with E-state index in [9.17, 15) is 26.4 Å². The van der Waals surface area contributed by atoms with Gasteiger partial charge in [0.15, 0.2) is 0 Å². The van der Waals surface area contributed by atoms with E-state index >= 15 is 0 Å². The van der Waals surface area contributed by atoms with Crippen LogP contribution in [0.1, 0.15) is 31.2 Å². The van der Waals surface area contributed by atoms with Gasteiger partial charge in [-0.15, -0.1) is 0 Å². The molecule has 0 aliphatic carbocycles. The first-order valence-electron chi connectivity index (χ1n) is 7.44. The van der Waals surface area contributed by atoms with Crippen molar-refractivity contribution >= 4 is 16.0 Å². The molecule has 5 nitrogen and oxygen atoms in total. The Hall–Kier alpha value is -1.61. The number of aryl methyl sites for hydroxylation is 1. The summed E-state index contributed by atoms with van der Waals surface area (Å²) in [4.78, 5) is 10.6. The minimum Gasteiger partial charge on any atom is -0.348 e. The second-order valence-corrected chi connectivity index (χ2v) is 6.87. The maximum Gasteiger partial charge on any atom is 0.471 e. The van der Waals surface area contributed by atoms with Crippen LogP contribution in [0, 0.1) is 6.92 Å². The molecule has 0 spiro atoms. The highest BCUT2D eigenvalue weighted by Gasteiger charge is 2.38. The Morgan fingerprint density at radius 2 is 1.67 bits per heavy atom. The second kappa shape index (κ2) is 9.03. The molecule has 0 aliphatic heterocycles. The summed E-state index contributed by atoms with van der Waals surface area (Å²) >= 11 is 0.